The highest BCUT2D eigenvalue weighted by Crippen LogP contribution is 2.15. The minimum Gasteiger partial charge on any atom is -0.347 e. The Hall–Kier alpha value is -3.81. The molecule has 3 aromatic carbocycles. The number of hydrogen-bond donors (Lipinski definition) is 1. The van der Waals surface area contributed by atoms with Gasteiger partial charge in [-0.1, -0.05) is 72.8 Å². The van der Waals surface area contributed by atoms with Crippen molar-refractivity contribution in [2.45, 2.75) is 19.6 Å². The Bertz CT molecular complexity index is 1410. The van der Waals surface area contributed by atoms with Gasteiger partial charge < -0.3 is 10.2 Å². The van der Waals surface area contributed by atoms with Crippen LogP contribution in [0, 0.1) is 0 Å². The predicted molar refractivity (Wildman–Crippen MR) is 142 cm³/mol. The fourth-order valence-electron chi connectivity index (χ4n) is 4.63. The van der Waals surface area contributed by atoms with Crippen molar-refractivity contribution in [3.63, 3.8) is 0 Å². The fraction of sp³-hybridized carbons (Fsp3) is 0.276. The molecule has 36 heavy (non-hydrogen) atoms. The number of carbonyl (C=O) groups excluding carboxylic acids is 1. The third-order valence-corrected chi connectivity index (χ3v) is 6.70. The lowest BCUT2D eigenvalue weighted by atomic mass is 10.1. The van der Waals surface area contributed by atoms with E-state index >= 15 is 0 Å². The first-order valence-electron chi connectivity index (χ1n) is 12.4. The number of carbonyl (C=O) groups is 1. The molecule has 7 heteroatoms. The first-order chi connectivity index (χ1) is 17.6. The average molecular weight is 482 g/mol. The van der Waals surface area contributed by atoms with Gasteiger partial charge in [0.05, 0.1) is 11.9 Å². The lowest BCUT2D eigenvalue weighted by Crippen LogP contribution is -2.43. The van der Waals surface area contributed by atoms with Crippen molar-refractivity contribution in [2.75, 3.05) is 33.2 Å². The number of hydrogen-bond acceptors (Lipinski definition) is 5. The number of amides is 1. The van der Waals surface area contributed by atoms with Crippen molar-refractivity contribution in [3.05, 3.63) is 112 Å². The topological polar surface area (TPSA) is 70.5 Å². The van der Waals surface area contributed by atoms with Gasteiger partial charge in [0, 0.05) is 44.7 Å². The molecule has 1 fully saturated rings. The average Bonchev–Trinajstić information content (AvgIpc) is 2.91. The molecule has 5 rings (SSSR count). The largest absolute Gasteiger partial charge is 0.347 e. The summed E-state index contributed by atoms with van der Waals surface area (Å²) >= 11 is 0. The second-order valence-electron chi connectivity index (χ2n) is 9.42. The molecule has 1 amide bonds. The first-order valence-corrected chi connectivity index (χ1v) is 12.4. The maximum atomic E-state index is 13.3. The molecule has 184 valence electrons. The number of nitrogens with zero attached hydrogens (tertiary/aromatic N) is 4. The van der Waals surface area contributed by atoms with Gasteiger partial charge in [0.15, 0.2) is 5.69 Å². The monoisotopic (exact) mass is 481 g/mol. The van der Waals surface area contributed by atoms with E-state index in [1.165, 1.54) is 10.2 Å². The summed E-state index contributed by atoms with van der Waals surface area (Å²) in [6, 6.07) is 25.2. The zero-order valence-electron chi connectivity index (χ0n) is 20.6. The number of piperazine rings is 1. The van der Waals surface area contributed by atoms with Crippen molar-refractivity contribution < 1.29 is 4.79 Å². The van der Waals surface area contributed by atoms with E-state index in [4.69, 9.17) is 0 Å². The van der Waals surface area contributed by atoms with Gasteiger partial charge in [-0.2, -0.15) is 5.10 Å². The SMILES string of the molecule is CN1CCN(Cc2cccc(CNC(=O)c3nn(Cc4ccccc4)c(=O)c4ccccc34)c2)CC1. The van der Waals surface area contributed by atoms with Crippen LogP contribution in [0.2, 0.25) is 0 Å². The second kappa shape index (κ2) is 10.8. The van der Waals surface area contributed by atoms with Crippen LogP contribution >= 0.6 is 0 Å². The summed E-state index contributed by atoms with van der Waals surface area (Å²) in [5, 5.41) is 8.56. The molecule has 1 aliphatic rings. The summed E-state index contributed by atoms with van der Waals surface area (Å²) in [5.41, 5.74) is 3.28. The van der Waals surface area contributed by atoms with E-state index in [2.05, 4.69) is 39.4 Å². The highest BCUT2D eigenvalue weighted by Gasteiger charge is 2.17. The lowest BCUT2D eigenvalue weighted by Gasteiger charge is -2.32. The van der Waals surface area contributed by atoms with E-state index in [1.807, 2.05) is 54.6 Å². The Morgan fingerprint density at radius 2 is 1.47 bits per heavy atom. The molecule has 4 aromatic rings. The molecule has 1 N–H and O–H groups in total. The Morgan fingerprint density at radius 3 is 2.25 bits per heavy atom. The summed E-state index contributed by atoms with van der Waals surface area (Å²) in [4.78, 5) is 31.2. The fourth-order valence-corrected chi connectivity index (χ4v) is 4.63. The van der Waals surface area contributed by atoms with Crippen LogP contribution < -0.4 is 10.9 Å². The van der Waals surface area contributed by atoms with Gasteiger partial charge in [0.25, 0.3) is 11.5 Å². The molecular formula is C29H31N5O2. The molecular weight excluding hydrogens is 450 g/mol. The highest BCUT2D eigenvalue weighted by atomic mass is 16.2. The summed E-state index contributed by atoms with van der Waals surface area (Å²) in [5.74, 6) is -0.294. The van der Waals surface area contributed by atoms with Crippen LogP contribution in [-0.2, 0) is 19.6 Å². The van der Waals surface area contributed by atoms with E-state index in [-0.39, 0.29) is 17.2 Å². The van der Waals surface area contributed by atoms with Crippen molar-refractivity contribution in [2.24, 2.45) is 0 Å². The van der Waals surface area contributed by atoms with Crippen LogP contribution in [0.4, 0.5) is 0 Å². The number of fused-ring (bicyclic) bond motifs is 1. The molecule has 0 spiro atoms. The molecule has 0 unspecified atom stereocenters. The highest BCUT2D eigenvalue weighted by molar-refractivity contribution is 6.04. The summed E-state index contributed by atoms with van der Waals surface area (Å²) < 4.78 is 1.38. The molecule has 0 aliphatic carbocycles. The zero-order chi connectivity index (χ0) is 24.9. The molecule has 1 aromatic heterocycles. The molecule has 1 aliphatic heterocycles. The Kier molecular flexibility index (Phi) is 7.21. The van der Waals surface area contributed by atoms with E-state index in [1.54, 1.807) is 12.1 Å². The molecule has 0 bridgehead atoms. The van der Waals surface area contributed by atoms with Gasteiger partial charge in [-0.05, 0) is 29.8 Å². The third kappa shape index (κ3) is 5.53. The summed E-state index contributed by atoms with van der Waals surface area (Å²) in [6.45, 7) is 5.91. The smallest absolute Gasteiger partial charge is 0.274 e. The number of likely N-dealkylation sites (N-methyl/N-ethyl adjacent to an activating group) is 1. The van der Waals surface area contributed by atoms with Crippen LogP contribution in [0.1, 0.15) is 27.2 Å². The van der Waals surface area contributed by atoms with E-state index in [0.29, 0.717) is 23.9 Å². The van der Waals surface area contributed by atoms with E-state index in [9.17, 15) is 9.59 Å². The van der Waals surface area contributed by atoms with Gasteiger partial charge >= 0.3 is 0 Å². The van der Waals surface area contributed by atoms with Gasteiger partial charge in [-0.25, -0.2) is 4.68 Å². The minimum atomic E-state index is -0.294. The maximum absolute atomic E-state index is 13.3. The van der Waals surface area contributed by atoms with Crippen LogP contribution in [-0.4, -0.2) is 58.7 Å². The van der Waals surface area contributed by atoms with E-state index in [0.717, 1.165) is 43.9 Å². The van der Waals surface area contributed by atoms with Gasteiger partial charge in [-0.3, -0.25) is 14.5 Å². The van der Waals surface area contributed by atoms with Crippen molar-refractivity contribution in [3.8, 4) is 0 Å². The maximum Gasteiger partial charge on any atom is 0.274 e. The minimum absolute atomic E-state index is 0.206. The molecule has 7 nitrogen and oxygen atoms in total. The van der Waals surface area contributed by atoms with Gasteiger partial charge in [0.2, 0.25) is 0 Å². The molecule has 0 radical (unpaired) electrons. The van der Waals surface area contributed by atoms with Crippen LogP contribution in [0.15, 0.2) is 83.7 Å². The summed E-state index contributed by atoms with van der Waals surface area (Å²) in [6.07, 6.45) is 0. The van der Waals surface area contributed by atoms with E-state index < -0.39 is 0 Å². The van der Waals surface area contributed by atoms with Gasteiger partial charge in [-0.15, -0.1) is 0 Å². The second-order valence-corrected chi connectivity index (χ2v) is 9.42. The standard InChI is InChI=1S/C29H31N5O2/c1-32-14-16-33(17-15-32)20-24-11-7-10-23(18-24)19-30-28(35)27-25-12-5-6-13-26(25)29(36)34(31-27)21-22-8-3-2-4-9-22/h2-13,18H,14-17,19-21H2,1H3,(H,30,35). The van der Waals surface area contributed by atoms with Crippen LogP contribution in [0.3, 0.4) is 0 Å². The first kappa shape index (κ1) is 23.9. The van der Waals surface area contributed by atoms with Crippen molar-refractivity contribution >= 4 is 16.7 Å². The van der Waals surface area contributed by atoms with Gasteiger partial charge in [0.1, 0.15) is 0 Å². The summed E-state index contributed by atoms with van der Waals surface area (Å²) in [7, 11) is 2.16. The molecule has 1 saturated heterocycles. The third-order valence-electron chi connectivity index (χ3n) is 6.70. The number of benzene rings is 3. The van der Waals surface area contributed by atoms with Crippen molar-refractivity contribution in [1.82, 2.24) is 24.9 Å². The Balaban J connectivity index is 1.33. The van der Waals surface area contributed by atoms with Crippen molar-refractivity contribution in [1.29, 1.82) is 0 Å². The predicted octanol–water partition coefficient (Wildman–Crippen LogP) is 3.12. The van der Waals surface area contributed by atoms with Crippen LogP contribution in [0.25, 0.3) is 10.8 Å². The molecule has 2 heterocycles. The Morgan fingerprint density at radius 1 is 0.806 bits per heavy atom. The van der Waals surface area contributed by atoms with Crippen LogP contribution in [0.5, 0.6) is 0 Å². The number of rotatable bonds is 7. The lowest BCUT2D eigenvalue weighted by molar-refractivity contribution is 0.0945. The quantitative estimate of drug-likeness (QED) is 0.439. The number of aromatic nitrogens is 2. The Labute approximate surface area is 211 Å². The molecule has 0 saturated carbocycles. The molecule has 0 atom stereocenters. The normalized spacial score (nSPS) is 14.7. The zero-order valence-corrected chi connectivity index (χ0v) is 20.6. The number of nitrogens with one attached hydrogen (secondary N) is 1.